The molecule has 0 aromatic heterocycles. The van der Waals surface area contributed by atoms with E-state index in [4.69, 9.17) is 4.74 Å². The Morgan fingerprint density at radius 2 is 1.67 bits per heavy atom. The van der Waals surface area contributed by atoms with Gasteiger partial charge >= 0.3 is 6.09 Å². The maximum absolute atomic E-state index is 13.3. The molecule has 2 aliphatic heterocycles. The molecule has 2 saturated heterocycles. The van der Waals surface area contributed by atoms with Gasteiger partial charge in [0.25, 0.3) is 5.91 Å². The van der Waals surface area contributed by atoms with E-state index in [2.05, 4.69) is 0 Å². The van der Waals surface area contributed by atoms with Crippen LogP contribution in [0.5, 0.6) is 0 Å². The lowest BCUT2D eigenvalue weighted by Gasteiger charge is -2.25. The zero-order chi connectivity index (χ0) is 22.8. The molecule has 1 atom stereocenters. The van der Waals surface area contributed by atoms with E-state index in [1.165, 1.54) is 12.1 Å². The molecular formula is C27H25FN2O3. The van der Waals surface area contributed by atoms with E-state index in [1.807, 2.05) is 59.5 Å². The molecule has 2 heterocycles. The number of ether oxygens (including phenoxy) is 1. The van der Waals surface area contributed by atoms with E-state index in [1.54, 1.807) is 17.0 Å². The second kappa shape index (κ2) is 8.70. The van der Waals surface area contributed by atoms with Crippen molar-refractivity contribution in [3.05, 3.63) is 90.2 Å². The van der Waals surface area contributed by atoms with Crippen LogP contribution >= 0.6 is 0 Å². The van der Waals surface area contributed by atoms with Gasteiger partial charge in [-0.2, -0.15) is 0 Å². The summed E-state index contributed by atoms with van der Waals surface area (Å²) in [4.78, 5) is 29.4. The van der Waals surface area contributed by atoms with Gasteiger partial charge in [0.1, 0.15) is 11.4 Å². The third-order valence-corrected chi connectivity index (χ3v) is 6.51. The third kappa shape index (κ3) is 4.33. The third-order valence-electron chi connectivity index (χ3n) is 6.51. The van der Waals surface area contributed by atoms with Gasteiger partial charge in [0.05, 0.1) is 6.54 Å². The second-order valence-electron chi connectivity index (χ2n) is 8.71. The predicted molar refractivity (Wildman–Crippen MR) is 125 cm³/mol. The zero-order valence-corrected chi connectivity index (χ0v) is 18.2. The van der Waals surface area contributed by atoms with Crippen molar-refractivity contribution in [1.82, 2.24) is 4.90 Å². The lowest BCUT2D eigenvalue weighted by Crippen LogP contribution is -2.37. The first-order chi connectivity index (χ1) is 16.0. The molecule has 0 saturated carbocycles. The Labute approximate surface area is 192 Å². The van der Waals surface area contributed by atoms with E-state index in [9.17, 15) is 14.0 Å². The standard InChI is InChI=1S/C27H25FN2O3/c28-23-12-10-20(11-13-23)21-6-4-7-22(18-21)25(31)29-16-5-14-27(15-17-29)19-30(26(32)33-27)24-8-2-1-3-9-24/h1-4,6-13,18H,5,14-17,19H2. The number of halogens is 1. The number of hydrogen-bond acceptors (Lipinski definition) is 3. The van der Waals surface area contributed by atoms with Gasteiger partial charge in [-0.1, -0.05) is 42.5 Å². The summed E-state index contributed by atoms with van der Waals surface area (Å²) >= 11 is 0. The highest BCUT2D eigenvalue weighted by atomic mass is 19.1. The number of anilines is 1. The second-order valence-corrected chi connectivity index (χ2v) is 8.71. The maximum atomic E-state index is 13.3. The topological polar surface area (TPSA) is 49.9 Å². The van der Waals surface area contributed by atoms with Crippen LogP contribution in [-0.2, 0) is 4.74 Å². The molecule has 2 aliphatic rings. The van der Waals surface area contributed by atoms with Crippen LogP contribution in [-0.4, -0.2) is 42.1 Å². The predicted octanol–water partition coefficient (Wildman–Crippen LogP) is 5.51. The Bertz CT molecular complexity index is 1170. The summed E-state index contributed by atoms with van der Waals surface area (Å²) < 4.78 is 19.1. The first-order valence-corrected chi connectivity index (χ1v) is 11.2. The summed E-state index contributed by atoms with van der Waals surface area (Å²) in [6, 6.07) is 23.2. The van der Waals surface area contributed by atoms with Crippen LogP contribution in [0, 0.1) is 5.82 Å². The molecule has 5 rings (SSSR count). The normalized spacial score (nSPS) is 20.6. The highest BCUT2D eigenvalue weighted by Crippen LogP contribution is 2.36. The summed E-state index contributed by atoms with van der Waals surface area (Å²) in [6.07, 6.45) is 1.76. The molecule has 33 heavy (non-hydrogen) atoms. The van der Waals surface area contributed by atoms with Gasteiger partial charge in [-0.3, -0.25) is 9.69 Å². The van der Waals surface area contributed by atoms with Crippen LogP contribution in [0.2, 0.25) is 0 Å². The number of likely N-dealkylation sites (tertiary alicyclic amines) is 1. The SMILES string of the molecule is O=C(c1cccc(-c2ccc(F)cc2)c1)N1CCCC2(CC1)CN(c1ccccc1)C(=O)O2. The van der Waals surface area contributed by atoms with Crippen LogP contribution in [0.25, 0.3) is 11.1 Å². The van der Waals surface area contributed by atoms with Gasteiger partial charge in [0, 0.05) is 30.8 Å². The summed E-state index contributed by atoms with van der Waals surface area (Å²) in [6.45, 7) is 1.64. The van der Waals surface area contributed by atoms with E-state index in [0.29, 0.717) is 31.6 Å². The fraction of sp³-hybridized carbons (Fsp3) is 0.259. The van der Waals surface area contributed by atoms with Crippen molar-refractivity contribution in [2.75, 3.05) is 24.5 Å². The largest absolute Gasteiger partial charge is 0.441 e. The Hall–Kier alpha value is -3.67. The van der Waals surface area contributed by atoms with Crippen LogP contribution in [0.4, 0.5) is 14.9 Å². The molecule has 3 aromatic carbocycles. The Morgan fingerprint density at radius 1 is 0.879 bits per heavy atom. The van der Waals surface area contributed by atoms with Crippen molar-refractivity contribution < 1.29 is 18.7 Å². The van der Waals surface area contributed by atoms with Crippen molar-refractivity contribution in [3.63, 3.8) is 0 Å². The van der Waals surface area contributed by atoms with Gasteiger partial charge in [-0.15, -0.1) is 0 Å². The van der Waals surface area contributed by atoms with E-state index in [-0.39, 0.29) is 17.8 Å². The zero-order valence-electron chi connectivity index (χ0n) is 18.2. The molecular weight excluding hydrogens is 419 g/mol. The molecule has 2 amide bonds. The molecule has 0 bridgehead atoms. The molecule has 168 valence electrons. The minimum absolute atomic E-state index is 0.0414. The van der Waals surface area contributed by atoms with Gasteiger partial charge in [0.2, 0.25) is 0 Å². The van der Waals surface area contributed by atoms with Crippen LogP contribution < -0.4 is 4.90 Å². The van der Waals surface area contributed by atoms with Crippen LogP contribution in [0.15, 0.2) is 78.9 Å². The molecule has 0 aliphatic carbocycles. The van der Waals surface area contributed by atoms with Crippen LogP contribution in [0.1, 0.15) is 29.6 Å². The number of amides is 2. The van der Waals surface area contributed by atoms with Gasteiger partial charge in [-0.05, 0) is 60.4 Å². The minimum atomic E-state index is -0.572. The summed E-state index contributed by atoms with van der Waals surface area (Å²) in [5.74, 6) is -0.330. The molecule has 3 aromatic rings. The fourth-order valence-corrected chi connectivity index (χ4v) is 4.72. The van der Waals surface area contributed by atoms with E-state index in [0.717, 1.165) is 29.7 Å². The number of carbonyl (C=O) groups excluding carboxylic acids is 2. The molecule has 5 nitrogen and oxygen atoms in total. The number of benzene rings is 3. The monoisotopic (exact) mass is 444 g/mol. The van der Waals surface area contributed by atoms with Crippen LogP contribution in [0.3, 0.4) is 0 Å². The lowest BCUT2D eigenvalue weighted by molar-refractivity contribution is 0.0438. The molecule has 2 fully saturated rings. The summed E-state index contributed by atoms with van der Waals surface area (Å²) in [7, 11) is 0. The smallest absolute Gasteiger partial charge is 0.415 e. The average molecular weight is 445 g/mol. The minimum Gasteiger partial charge on any atom is -0.441 e. The van der Waals surface area contributed by atoms with Crippen molar-refractivity contribution in [2.24, 2.45) is 0 Å². The molecule has 1 spiro atoms. The number of rotatable bonds is 3. The van der Waals surface area contributed by atoms with Crippen molar-refractivity contribution in [1.29, 1.82) is 0 Å². The average Bonchev–Trinajstić information content (AvgIpc) is 3.03. The highest BCUT2D eigenvalue weighted by Gasteiger charge is 2.46. The molecule has 0 N–H and O–H groups in total. The molecule has 0 radical (unpaired) electrons. The number of hydrogen-bond donors (Lipinski definition) is 0. The Morgan fingerprint density at radius 3 is 2.45 bits per heavy atom. The van der Waals surface area contributed by atoms with Crippen molar-refractivity contribution >= 4 is 17.7 Å². The van der Waals surface area contributed by atoms with Crippen molar-refractivity contribution in [3.8, 4) is 11.1 Å². The number of carbonyl (C=O) groups is 2. The fourth-order valence-electron chi connectivity index (χ4n) is 4.72. The van der Waals surface area contributed by atoms with Gasteiger partial charge < -0.3 is 9.64 Å². The Balaban J connectivity index is 1.30. The van der Waals surface area contributed by atoms with Crippen molar-refractivity contribution in [2.45, 2.75) is 24.9 Å². The molecule has 6 heteroatoms. The quantitative estimate of drug-likeness (QED) is 0.535. The first kappa shape index (κ1) is 21.2. The first-order valence-electron chi connectivity index (χ1n) is 11.2. The van der Waals surface area contributed by atoms with Gasteiger partial charge in [-0.25, -0.2) is 9.18 Å². The summed E-state index contributed by atoms with van der Waals surface area (Å²) in [5.41, 5.74) is 2.59. The van der Waals surface area contributed by atoms with E-state index < -0.39 is 5.60 Å². The Kier molecular flexibility index (Phi) is 5.58. The maximum Gasteiger partial charge on any atom is 0.415 e. The molecule has 1 unspecified atom stereocenters. The van der Waals surface area contributed by atoms with E-state index >= 15 is 0 Å². The van der Waals surface area contributed by atoms with Gasteiger partial charge in [0.15, 0.2) is 0 Å². The highest BCUT2D eigenvalue weighted by molar-refractivity contribution is 5.95. The number of nitrogens with zero attached hydrogens (tertiary/aromatic N) is 2. The number of para-hydroxylation sites is 1. The summed E-state index contributed by atoms with van der Waals surface area (Å²) in [5, 5.41) is 0. The lowest BCUT2D eigenvalue weighted by atomic mass is 9.95.